The first kappa shape index (κ1) is 14.2. The highest BCUT2D eigenvalue weighted by molar-refractivity contribution is 9.10. The second-order valence-electron chi connectivity index (χ2n) is 4.68. The molecule has 1 N–H and O–H groups in total. The van der Waals surface area contributed by atoms with E-state index in [0.29, 0.717) is 0 Å². The Hall–Kier alpha value is -1.26. The van der Waals surface area contributed by atoms with Gasteiger partial charge in [0, 0.05) is 16.5 Å². The molecular weight excluding hydrogens is 314 g/mol. The number of hydrogen-bond acceptors (Lipinski definition) is 1. The summed E-state index contributed by atoms with van der Waals surface area (Å²) in [5, 5.41) is 10.4. The van der Waals surface area contributed by atoms with Crippen molar-refractivity contribution in [3.8, 4) is 0 Å². The molecule has 100 valence electrons. The van der Waals surface area contributed by atoms with Gasteiger partial charge in [-0.2, -0.15) is 0 Å². The minimum atomic E-state index is -1.47. The maximum Gasteiger partial charge on any atom is 0.164 e. The van der Waals surface area contributed by atoms with E-state index in [9.17, 15) is 13.9 Å². The highest BCUT2D eigenvalue weighted by atomic mass is 79.9. The lowest BCUT2D eigenvalue weighted by molar-refractivity contribution is 0.0530. The van der Waals surface area contributed by atoms with Crippen LogP contribution in [0.4, 0.5) is 8.78 Å². The van der Waals surface area contributed by atoms with Crippen LogP contribution in [0.15, 0.2) is 46.9 Å². The molecule has 0 bridgehead atoms. The molecule has 1 unspecified atom stereocenters. The smallest absolute Gasteiger partial charge is 0.164 e. The molecule has 0 radical (unpaired) electrons. The number of halogens is 3. The molecule has 2 aromatic carbocycles. The summed E-state index contributed by atoms with van der Waals surface area (Å²) in [4.78, 5) is 0. The topological polar surface area (TPSA) is 20.2 Å². The Morgan fingerprint density at radius 2 is 1.84 bits per heavy atom. The maximum absolute atomic E-state index is 13.7. The number of aliphatic hydroxyl groups is 1. The molecule has 2 rings (SSSR count). The van der Waals surface area contributed by atoms with Crippen LogP contribution < -0.4 is 0 Å². The van der Waals surface area contributed by atoms with Crippen LogP contribution >= 0.6 is 15.9 Å². The normalized spacial score (nSPS) is 14.2. The lowest BCUT2D eigenvalue weighted by Crippen LogP contribution is -2.26. The van der Waals surface area contributed by atoms with E-state index in [0.717, 1.165) is 16.1 Å². The quantitative estimate of drug-likeness (QED) is 0.897. The number of rotatable bonds is 3. The van der Waals surface area contributed by atoms with Crippen molar-refractivity contribution in [1.29, 1.82) is 0 Å². The Balaban J connectivity index is 2.34. The molecule has 19 heavy (non-hydrogen) atoms. The third-order valence-electron chi connectivity index (χ3n) is 2.97. The zero-order valence-corrected chi connectivity index (χ0v) is 11.9. The van der Waals surface area contributed by atoms with Gasteiger partial charge in [-0.1, -0.05) is 40.2 Å². The van der Waals surface area contributed by atoms with Gasteiger partial charge in [0.05, 0.1) is 5.60 Å². The van der Waals surface area contributed by atoms with Crippen molar-refractivity contribution in [2.45, 2.75) is 18.9 Å². The second kappa shape index (κ2) is 5.39. The molecule has 0 saturated carbocycles. The molecule has 0 amide bonds. The zero-order chi connectivity index (χ0) is 14.0. The Labute approximate surface area is 119 Å². The molecular formula is C15H13BrF2O. The average Bonchev–Trinajstić information content (AvgIpc) is 2.32. The third-order valence-corrected chi connectivity index (χ3v) is 3.46. The van der Waals surface area contributed by atoms with E-state index in [1.807, 2.05) is 24.3 Å². The lowest BCUT2D eigenvalue weighted by Gasteiger charge is -2.24. The Morgan fingerprint density at radius 3 is 2.53 bits per heavy atom. The summed E-state index contributed by atoms with van der Waals surface area (Å²) in [6.07, 6.45) is 0.201. The second-order valence-corrected chi connectivity index (χ2v) is 5.60. The van der Waals surface area contributed by atoms with Crippen molar-refractivity contribution in [2.75, 3.05) is 0 Å². The summed E-state index contributed by atoms with van der Waals surface area (Å²) < 4.78 is 27.8. The van der Waals surface area contributed by atoms with E-state index in [2.05, 4.69) is 15.9 Å². The Kier molecular flexibility index (Phi) is 4.02. The Bertz CT molecular complexity index is 596. The van der Waals surface area contributed by atoms with Crippen LogP contribution in [0.1, 0.15) is 18.1 Å². The van der Waals surface area contributed by atoms with Crippen LogP contribution in [-0.4, -0.2) is 5.11 Å². The van der Waals surface area contributed by atoms with Gasteiger partial charge in [-0.15, -0.1) is 0 Å². The molecule has 0 aliphatic rings. The minimum absolute atomic E-state index is 0.0347. The first-order chi connectivity index (χ1) is 8.90. The predicted octanol–water partition coefficient (Wildman–Crippen LogP) is 4.18. The van der Waals surface area contributed by atoms with E-state index < -0.39 is 17.2 Å². The summed E-state index contributed by atoms with van der Waals surface area (Å²) in [7, 11) is 0. The summed E-state index contributed by atoms with van der Waals surface area (Å²) in [6.45, 7) is 1.48. The molecule has 0 spiro atoms. The summed E-state index contributed by atoms with van der Waals surface area (Å²) in [5.41, 5.74) is -0.664. The van der Waals surface area contributed by atoms with Crippen LogP contribution in [-0.2, 0) is 12.0 Å². The first-order valence-corrected chi connectivity index (χ1v) is 6.61. The van der Waals surface area contributed by atoms with Crippen LogP contribution in [0.3, 0.4) is 0 Å². The standard InChI is InChI=1S/C15H13BrF2O/c1-15(19,9-10-4-2-5-11(16)8-10)12-6-3-7-13(17)14(12)18/h2-8,19H,9H2,1H3. The van der Waals surface area contributed by atoms with Gasteiger partial charge in [-0.05, 0) is 30.7 Å². The van der Waals surface area contributed by atoms with E-state index in [-0.39, 0.29) is 12.0 Å². The third kappa shape index (κ3) is 3.19. The monoisotopic (exact) mass is 326 g/mol. The fraction of sp³-hybridized carbons (Fsp3) is 0.200. The van der Waals surface area contributed by atoms with Gasteiger partial charge >= 0.3 is 0 Å². The molecule has 2 aromatic rings. The van der Waals surface area contributed by atoms with Crippen LogP contribution in [0.25, 0.3) is 0 Å². The molecule has 4 heteroatoms. The van der Waals surface area contributed by atoms with E-state index >= 15 is 0 Å². The number of hydrogen-bond donors (Lipinski definition) is 1. The lowest BCUT2D eigenvalue weighted by atomic mass is 9.88. The first-order valence-electron chi connectivity index (χ1n) is 5.81. The van der Waals surface area contributed by atoms with Crippen molar-refractivity contribution in [3.05, 3.63) is 69.7 Å². The largest absolute Gasteiger partial charge is 0.385 e. The molecule has 0 aromatic heterocycles. The van der Waals surface area contributed by atoms with E-state index in [4.69, 9.17) is 0 Å². The highest BCUT2D eigenvalue weighted by Gasteiger charge is 2.28. The number of benzene rings is 2. The van der Waals surface area contributed by atoms with Gasteiger partial charge in [0.25, 0.3) is 0 Å². The molecule has 1 nitrogen and oxygen atoms in total. The minimum Gasteiger partial charge on any atom is -0.385 e. The van der Waals surface area contributed by atoms with E-state index in [1.54, 1.807) is 0 Å². The molecule has 1 atom stereocenters. The van der Waals surface area contributed by atoms with Crippen LogP contribution in [0.5, 0.6) is 0 Å². The van der Waals surface area contributed by atoms with Gasteiger partial charge in [-0.25, -0.2) is 8.78 Å². The van der Waals surface area contributed by atoms with Gasteiger partial charge in [-0.3, -0.25) is 0 Å². The highest BCUT2D eigenvalue weighted by Crippen LogP contribution is 2.29. The molecule has 0 aliphatic carbocycles. The van der Waals surface area contributed by atoms with Crippen LogP contribution in [0.2, 0.25) is 0 Å². The predicted molar refractivity (Wildman–Crippen MR) is 73.8 cm³/mol. The fourth-order valence-electron chi connectivity index (χ4n) is 2.06. The van der Waals surface area contributed by atoms with Crippen molar-refractivity contribution in [2.24, 2.45) is 0 Å². The van der Waals surface area contributed by atoms with Gasteiger partial charge < -0.3 is 5.11 Å². The zero-order valence-electron chi connectivity index (χ0n) is 10.3. The van der Waals surface area contributed by atoms with Crippen LogP contribution in [0, 0.1) is 11.6 Å². The van der Waals surface area contributed by atoms with Gasteiger partial charge in [0.15, 0.2) is 11.6 Å². The molecule has 0 aliphatic heterocycles. The summed E-state index contributed by atoms with van der Waals surface area (Å²) in [6, 6.07) is 11.2. The molecule has 0 heterocycles. The SMILES string of the molecule is CC(O)(Cc1cccc(Br)c1)c1cccc(F)c1F. The summed E-state index contributed by atoms with van der Waals surface area (Å²) >= 11 is 3.34. The van der Waals surface area contributed by atoms with Crippen molar-refractivity contribution in [3.63, 3.8) is 0 Å². The average molecular weight is 327 g/mol. The van der Waals surface area contributed by atoms with Gasteiger partial charge in [0.2, 0.25) is 0 Å². The maximum atomic E-state index is 13.7. The summed E-state index contributed by atoms with van der Waals surface area (Å²) in [5.74, 6) is -1.95. The Morgan fingerprint density at radius 1 is 1.16 bits per heavy atom. The van der Waals surface area contributed by atoms with Crippen molar-refractivity contribution < 1.29 is 13.9 Å². The van der Waals surface area contributed by atoms with E-state index in [1.165, 1.54) is 19.1 Å². The van der Waals surface area contributed by atoms with Crippen molar-refractivity contribution in [1.82, 2.24) is 0 Å². The fourth-order valence-corrected chi connectivity index (χ4v) is 2.51. The van der Waals surface area contributed by atoms with Gasteiger partial charge in [0.1, 0.15) is 0 Å². The molecule has 0 fully saturated rings. The van der Waals surface area contributed by atoms with Crippen molar-refractivity contribution >= 4 is 15.9 Å². The molecule has 0 saturated heterocycles.